The highest BCUT2D eigenvalue weighted by Crippen LogP contribution is 2.30. The lowest BCUT2D eigenvalue weighted by Gasteiger charge is -2.29. The number of hydrogen-bond acceptors (Lipinski definition) is 3. The van der Waals surface area contributed by atoms with Gasteiger partial charge in [-0.1, -0.05) is 30.3 Å². The molecular weight excluding hydrogens is 276 g/mol. The molecule has 2 unspecified atom stereocenters. The molecule has 1 amide bonds. The Morgan fingerprint density at radius 2 is 2.09 bits per heavy atom. The van der Waals surface area contributed by atoms with Crippen LogP contribution in [-0.2, 0) is 17.4 Å². The molecule has 2 atom stereocenters. The van der Waals surface area contributed by atoms with Crippen molar-refractivity contribution < 1.29 is 4.79 Å². The van der Waals surface area contributed by atoms with Gasteiger partial charge in [0, 0.05) is 32.3 Å². The van der Waals surface area contributed by atoms with E-state index in [1.807, 2.05) is 54.7 Å². The minimum atomic E-state index is -0.981. The van der Waals surface area contributed by atoms with Crippen molar-refractivity contribution >= 4 is 5.91 Å². The average Bonchev–Trinajstić information content (AvgIpc) is 3.16. The maximum Gasteiger partial charge on any atom is 0.246 e. The van der Waals surface area contributed by atoms with Crippen LogP contribution >= 0.6 is 0 Å². The SMILES string of the molecule is Cn1cc(C2CCN(C(=O)C(C)(N)c3ccccc3)C2)cn1. The first-order chi connectivity index (χ1) is 10.5. The van der Waals surface area contributed by atoms with E-state index in [1.54, 1.807) is 11.6 Å². The topological polar surface area (TPSA) is 64.2 Å². The zero-order valence-electron chi connectivity index (χ0n) is 13.1. The average molecular weight is 298 g/mol. The van der Waals surface area contributed by atoms with Gasteiger partial charge in [0.05, 0.1) is 6.20 Å². The van der Waals surface area contributed by atoms with Gasteiger partial charge in [-0.3, -0.25) is 9.48 Å². The van der Waals surface area contributed by atoms with Gasteiger partial charge in [-0.05, 0) is 24.5 Å². The Balaban J connectivity index is 1.74. The Hall–Kier alpha value is -2.14. The van der Waals surface area contributed by atoms with Crippen molar-refractivity contribution in [3.63, 3.8) is 0 Å². The van der Waals surface area contributed by atoms with E-state index in [9.17, 15) is 4.79 Å². The number of benzene rings is 1. The lowest BCUT2D eigenvalue weighted by atomic mass is 9.91. The van der Waals surface area contributed by atoms with E-state index in [0.29, 0.717) is 12.5 Å². The van der Waals surface area contributed by atoms with E-state index in [-0.39, 0.29) is 5.91 Å². The van der Waals surface area contributed by atoms with E-state index in [4.69, 9.17) is 5.73 Å². The molecule has 1 aromatic carbocycles. The molecule has 1 aliphatic heterocycles. The number of aromatic nitrogens is 2. The molecule has 116 valence electrons. The zero-order valence-corrected chi connectivity index (χ0v) is 13.1. The molecule has 2 aromatic rings. The van der Waals surface area contributed by atoms with E-state index in [1.165, 1.54) is 5.56 Å². The molecule has 0 saturated carbocycles. The van der Waals surface area contributed by atoms with Crippen LogP contribution in [0.1, 0.15) is 30.4 Å². The first kappa shape index (κ1) is 14.8. The third-order valence-corrected chi connectivity index (χ3v) is 4.49. The monoisotopic (exact) mass is 298 g/mol. The maximum absolute atomic E-state index is 12.8. The second-order valence-corrected chi connectivity index (χ2v) is 6.25. The molecule has 0 radical (unpaired) electrons. The highest BCUT2D eigenvalue weighted by Gasteiger charge is 2.38. The molecule has 1 saturated heterocycles. The van der Waals surface area contributed by atoms with Gasteiger partial charge in [-0.15, -0.1) is 0 Å². The van der Waals surface area contributed by atoms with Crippen molar-refractivity contribution in [1.29, 1.82) is 0 Å². The fourth-order valence-corrected chi connectivity index (χ4v) is 3.10. The summed E-state index contributed by atoms with van der Waals surface area (Å²) < 4.78 is 1.80. The smallest absolute Gasteiger partial charge is 0.246 e. The number of rotatable bonds is 3. The summed E-state index contributed by atoms with van der Waals surface area (Å²) in [5.74, 6) is 0.342. The van der Waals surface area contributed by atoms with Gasteiger partial charge in [-0.25, -0.2) is 0 Å². The number of aryl methyl sites for hydroxylation is 1. The molecule has 22 heavy (non-hydrogen) atoms. The Morgan fingerprint density at radius 1 is 1.36 bits per heavy atom. The summed E-state index contributed by atoms with van der Waals surface area (Å²) in [6, 6.07) is 9.57. The largest absolute Gasteiger partial charge is 0.340 e. The van der Waals surface area contributed by atoms with Crippen molar-refractivity contribution in [3.05, 3.63) is 53.9 Å². The Kier molecular flexibility index (Phi) is 3.74. The second kappa shape index (κ2) is 5.57. The van der Waals surface area contributed by atoms with Crippen LogP contribution in [0.2, 0.25) is 0 Å². The normalized spacial score (nSPS) is 20.9. The molecule has 3 rings (SSSR count). The van der Waals surface area contributed by atoms with Gasteiger partial charge in [0.25, 0.3) is 0 Å². The molecule has 0 aliphatic carbocycles. The number of nitrogens with zero attached hydrogens (tertiary/aromatic N) is 3. The van der Waals surface area contributed by atoms with Crippen LogP contribution in [0.5, 0.6) is 0 Å². The van der Waals surface area contributed by atoms with E-state index >= 15 is 0 Å². The van der Waals surface area contributed by atoms with Crippen LogP contribution in [0.3, 0.4) is 0 Å². The summed E-state index contributed by atoms with van der Waals surface area (Å²) >= 11 is 0. The standard InChI is InChI=1S/C17H22N4O/c1-17(18,15-6-4-3-5-7-15)16(22)21-9-8-13(12-21)14-10-19-20(2)11-14/h3-7,10-11,13H,8-9,12,18H2,1-2H3. The van der Waals surface area contributed by atoms with E-state index in [2.05, 4.69) is 5.10 Å². The van der Waals surface area contributed by atoms with Gasteiger partial charge in [0.1, 0.15) is 5.54 Å². The first-order valence-electron chi connectivity index (χ1n) is 7.61. The number of amides is 1. The fraction of sp³-hybridized carbons (Fsp3) is 0.412. The number of carbonyl (C=O) groups is 1. The van der Waals surface area contributed by atoms with Crippen molar-refractivity contribution in [2.75, 3.05) is 13.1 Å². The zero-order chi connectivity index (χ0) is 15.7. The molecule has 1 fully saturated rings. The first-order valence-corrected chi connectivity index (χ1v) is 7.61. The minimum absolute atomic E-state index is 0.00918. The molecule has 5 nitrogen and oxygen atoms in total. The number of hydrogen-bond donors (Lipinski definition) is 1. The summed E-state index contributed by atoms with van der Waals surface area (Å²) in [6.07, 6.45) is 4.87. The summed E-state index contributed by atoms with van der Waals surface area (Å²) in [4.78, 5) is 14.7. The molecule has 0 bridgehead atoms. The third kappa shape index (κ3) is 2.64. The Morgan fingerprint density at radius 3 is 2.73 bits per heavy atom. The lowest BCUT2D eigenvalue weighted by molar-refractivity contribution is -0.135. The van der Waals surface area contributed by atoms with Crippen LogP contribution in [0.25, 0.3) is 0 Å². The van der Waals surface area contributed by atoms with Crippen molar-refractivity contribution in [1.82, 2.24) is 14.7 Å². The summed E-state index contributed by atoms with van der Waals surface area (Å²) in [6.45, 7) is 3.25. The summed E-state index contributed by atoms with van der Waals surface area (Å²) in [7, 11) is 1.91. The van der Waals surface area contributed by atoms with Crippen molar-refractivity contribution in [2.24, 2.45) is 12.8 Å². The van der Waals surface area contributed by atoms with Gasteiger partial charge >= 0.3 is 0 Å². The summed E-state index contributed by atoms with van der Waals surface area (Å²) in [5.41, 5.74) is 7.40. The van der Waals surface area contributed by atoms with E-state index in [0.717, 1.165) is 18.5 Å². The van der Waals surface area contributed by atoms with Crippen LogP contribution in [-0.4, -0.2) is 33.7 Å². The number of likely N-dealkylation sites (tertiary alicyclic amines) is 1. The predicted molar refractivity (Wildman–Crippen MR) is 85.1 cm³/mol. The number of carbonyl (C=O) groups excluding carboxylic acids is 1. The molecule has 2 N–H and O–H groups in total. The molecule has 0 spiro atoms. The Labute approximate surface area is 130 Å². The minimum Gasteiger partial charge on any atom is -0.340 e. The van der Waals surface area contributed by atoms with Gasteiger partial charge < -0.3 is 10.6 Å². The molecular formula is C17H22N4O. The molecule has 1 aromatic heterocycles. The van der Waals surface area contributed by atoms with E-state index < -0.39 is 5.54 Å². The quantitative estimate of drug-likeness (QED) is 0.936. The van der Waals surface area contributed by atoms with Crippen molar-refractivity contribution in [3.8, 4) is 0 Å². The third-order valence-electron chi connectivity index (χ3n) is 4.49. The second-order valence-electron chi connectivity index (χ2n) is 6.25. The highest BCUT2D eigenvalue weighted by molar-refractivity contribution is 5.87. The molecule has 1 aliphatic rings. The van der Waals surface area contributed by atoms with Crippen LogP contribution < -0.4 is 5.73 Å². The van der Waals surface area contributed by atoms with Crippen molar-refractivity contribution in [2.45, 2.75) is 24.8 Å². The van der Waals surface area contributed by atoms with Gasteiger partial charge in [0.15, 0.2) is 0 Å². The van der Waals surface area contributed by atoms with Gasteiger partial charge in [0.2, 0.25) is 5.91 Å². The Bertz CT molecular complexity index is 662. The fourth-order valence-electron chi connectivity index (χ4n) is 3.10. The maximum atomic E-state index is 12.8. The van der Waals surface area contributed by atoms with Gasteiger partial charge in [-0.2, -0.15) is 5.10 Å². The molecule has 5 heteroatoms. The predicted octanol–water partition coefficient (Wildman–Crippen LogP) is 1.61. The van der Waals surface area contributed by atoms with Crippen LogP contribution in [0.15, 0.2) is 42.7 Å². The van der Waals surface area contributed by atoms with Crippen LogP contribution in [0, 0.1) is 0 Å². The highest BCUT2D eigenvalue weighted by atomic mass is 16.2. The lowest BCUT2D eigenvalue weighted by Crippen LogP contribution is -2.50. The number of nitrogens with two attached hydrogens (primary N) is 1. The van der Waals surface area contributed by atoms with Crippen LogP contribution in [0.4, 0.5) is 0 Å². The summed E-state index contributed by atoms with van der Waals surface area (Å²) in [5, 5.41) is 4.22. The molecule has 2 heterocycles.